The van der Waals surface area contributed by atoms with Crippen LogP contribution in [0.25, 0.3) is 21.3 Å². The number of fused-ring (bicyclic) bond motifs is 1. The van der Waals surface area contributed by atoms with E-state index in [9.17, 15) is 9.90 Å². The maximum atomic E-state index is 12.3. The number of nitrogens with zero attached hydrogens (tertiary/aromatic N) is 2. The fourth-order valence-electron chi connectivity index (χ4n) is 3.10. The van der Waals surface area contributed by atoms with Crippen molar-refractivity contribution in [3.05, 3.63) is 65.8 Å². The van der Waals surface area contributed by atoms with Gasteiger partial charge in [0.05, 0.1) is 11.1 Å². The van der Waals surface area contributed by atoms with Crippen LogP contribution < -0.4 is 10.6 Å². The largest absolute Gasteiger partial charge is 0.506 e. The Morgan fingerprint density at radius 2 is 1.97 bits per heavy atom. The summed E-state index contributed by atoms with van der Waals surface area (Å²) in [6, 6.07) is 15.2. The zero-order valence-corrected chi connectivity index (χ0v) is 16.7. The van der Waals surface area contributed by atoms with Crippen LogP contribution in [0.1, 0.15) is 12.0 Å². The van der Waals surface area contributed by atoms with E-state index in [0.29, 0.717) is 18.1 Å². The number of anilines is 2. The number of nitrogens with one attached hydrogen (secondary N) is 2. The Bertz CT molecular complexity index is 1160. The molecule has 4 rings (SSSR count). The third-order valence-electron chi connectivity index (χ3n) is 4.53. The molecule has 0 bridgehead atoms. The summed E-state index contributed by atoms with van der Waals surface area (Å²) in [5.74, 6) is 0.582. The molecular formula is C22H20N4O2S. The number of phenols is 1. The molecule has 0 aliphatic heterocycles. The summed E-state index contributed by atoms with van der Waals surface area (Å²) in [5, 5.41) is 18.9. The number of aromatic nitrogens is 2. The van der Waals surface area contributed by atoms with Crippen LogP contribution in [0.4, 0.5) is 11.5 Å². The van der Waals surface area contributed by atoms with Gasteiger partial charge in [0.25, 0.3) is 0 Å². The predicted octanol–water partition coefficient (Wildman–Crippen LogP) is 4.81. The molecule has 29 heavy (non-hydrogen) atoms. The monoisotopic (exact) mass is 404 g/mol. The van der Waals surface area contributed by atoms with E-state index >= 15 is 0 Å². The first-order valence-electron chi connectivity index (χ1n) is 9.23. The van der Waals surface area contributed by atoms with E-state index in [1.54, 1.807) is 29.5 Å². The Hall–Kier alpha value is -3.45. The fourth-order valence-corrected chi connectivity index (χ4v) is 4.01. The zero-order valence-electron chi connectivity index (χ0n) is 15.8. The van der Waals surface area contributed by atoms with Gasteiger partial charge in [0.2, 0.25) is 5.91 Å². The average Bonchev–Trinajstić information content (AvgIpc) is 3.16. The van der Waals surface area contributed by atoms with Crippen molar-refractivity contribution in [2.45, 2.75) is 13.3 Å². The highest BCUT2D eigenvalue weighted by atomic mass is 32.1. The van der Waals surface area contributed by atoms with Gasteiger partial charge in [0, 0.05) is 23.9 Å². The Morgan fingerprint density at radius 1 is 1.14 bits per heavy atom. The molecule has 0 saturated heterocycles. The number of carbonyl (C=O) groups excluding carboxylic acids is 1. The molecule has 6 nitrogen and oxygen atoms in total. The maximum Gasteiger partial charge on any atom is 0.226 e. The molecule has 0 aliphatic carbocycles. The minimum Gasteiger partial charge on any atom is -0.506 e. The molecule has 0 spiro atoms. The average molecular weight is 404 g/mol. The second kappa shape index (κ2) is 8.28. The Kier molecular flexibility index (Phi) is 5.39. The second-order valence-corrected chi connectivity index (χ2v) is 7.52. The van der Waals surface area contributed by atoms with Gasteiger partial charge in [-0.3, -0.25) is 4.79 Å². The van der Waals surface area contributed by atoms with E-state index in [1.807, 2.05) is 25.1 Å². The maximum absolute atomic E-state index is 12.3. The molecule has 0 saturated carbocycles. The molecule has 146 valence electrons. The lowest BCUT2D eigenvalue weighted by Gasteiger charge is -2.10. The number of aromatic hydroxyl groups is 1. The van der Waals surface area contributed by atoms with Crippen molar-refractivity contribution in [1.82, 2.24) is 9.97 Å². The van der Waals surface area contributed by atoms with Crippen molar-refractivity contribution in [3.8, 4) is 16.9 Å². The van der Waals surface area contributed by atoms with Gasteiger partial charge in [-0.25, -0.2) is 9.97 Å². The third-order valence-corrected chi connectivity index (χ3v) is 5.41. The smallest absolute Gasteiger partial charge is 0.226 e. The predicted molar refractivity (Wildman–Crippen MR) is 117 cm³/mol. The molecule has 1 amide bonds. The molecule has 2 heterocycles. The molecule has 3 N–H and O–H groups in total. The van der Waals surface area contributed by atoms with Crippen molar-refractivity contribution < 1.29 is 9.90 Å². The van der Waals surface area contributed by atoms with Crippen molar-refractivity contribution in [3.63, 3.8) is 0 Å². The summed E-state index contributed by atoms with van der Waals surface area (Å²) in [6.45, 7) is 2.32. The van der Waals surface area contributed by atoms with Crippen LogP contribution in [0.3, 0.4) is 0 Å². The highest BCUT2D eigenvalue weighted by Crippen LogP contribution is 2.36. The first kappa shape index (κ1) is 18.9. The van der Waals surface area contributed by atoms with Crippen LogP contribution in [-0.2, 0) is 4.79 Å². The van der Waals surface area contributed by atoms with Crippen molar-refractivity contribution in [2.24, 2.45) is 0 Å². The van der Waals surface area contributed by atoms with Gasteiger partial charge in [-0.1, -0.05) is 36.4 Å². The second-order valence-electron chi connectivity index (χ2n) is 6.66. The van der Waals surface area contributed by atoms with Crippen LogP contribution >= 0.6 is 11.3 Å². The molecule has 0 unspecified atom stereocenters. The number of hydrogen-bond acceptors (Lipinski definition) is 6. The van der Waals surface area contributed by atoms with Crippen molar-refractivity contribution in [1.29, 1.82) is 0 Å². The number of phenolic OH excluding ortho intramolecular Hbond substituents is 1. The van der Waals surface area contributed by atoms with Gasteiger partial charge in [-0.15, -0.1) is 11.3 Å². The minimum absolute atomic E-state index is 0.0557. The number of aryl methyl sites for hydroxylation is 1. The normalized spacial score (nSPS) is 10.8. The Balaban J connectivity index is 1.47. The molecule has 2 aromatic carbocycles. The Labute approximate surface area is 172 Å². The lowest BCUT2D eigenvalue weighted by atomic mass is 10.1. The minimum atomic E-state index is -0.183. The van der Waals surface area contributed by atoms with Crippen LogP contribution in [0.2, 0.25) is 0 Å². The SMILES string of the molecule is Cc1ccc(O)c(NC(=O)CCNc2ncnc3scc(-c4ccccc4)c23)c1. The number of thiophene rings is 1. The summed E-state index contributed by atoms with van der Waals surface area (Å²) < 4.78 is 0. The summed E-state index contributed by atoms with van der Waals surface area (Å²) >= 11 is 1.57. The standard InChI is InChI=1S/C22H20N4O2S/c1-14-7-8-18(27)17(11-14)26-19(28)9-10-23-21-20-16(15-5-3-2-4-6-15)12-29-22(20)25-13-24-21/h2-8,11-13,27H,9-10H2,1H3,(H,26,28)(H,23,24,25). The number of carbonyl (C=O) groups is 1. The van der Waals surface area contributed by atoms with E-state index in [4.69, 9.17) is 0 Å². The van der Waals surface area contributed by atoms with E-state index < -0.39 is 0 Å². The molecule has 7 heteroatoms. The number of rotatable bonds is 6. The lowest BCUT2D eigenvalue weighted by molar-refractivity contribution is -0.116. The molecule has 0 aliphatic rings. The Morgan fingerprint density at radius 3 is 2.79 bits per heavy atom. The number of amides is 1. The van der Waals surface area contributed by atoms with Gasteiger partial charge in [-0.2, -0.15) is 0 Å². The molecule has 4 aromatic rings. The molecule has 0 atom stereocenters. The van der Waals surface area contributed by atoms with Gasteiger partial charge in [0.15, 0.2) is 0 Å². The van der Waals surface area contributed by atoms with Gasteiger partial charge < -0.3 is 15.7 Å². The quantitative estimate of drug-likeness (QED) is 0.401. The van der Waals surface area contributed by atoms with E-state index in [1.165, 1.54) is 6.33 Å². The van der Waals surface area contributed by atoms with Crippen molar-refractivity contribution >= 4 is 39.0 Å². The van der Waals surface area contributed by atoms with Crippen LogP contribution in [0, 0.1) is 6.92 Å². The van der Waals surface area contributed by atoms with Gasteiger partial charge in [-0.05, 0) is 30.2 Å². The molecule has 0 radical (unpaired) electrons. The first-order chi connectivity index (χ1) is 14.1. The lowest BCUT2D eigenvalue weighted by Crippen LogP contribution is -2.16. The summed E-state index contributed by atoms with van der Waals surface area (Å²) in [4.78, 5) is 21.9. The first-order valence-corrected chi connectivity index (χ1v) is 10.1. The molecule has 2 aromatic heterocycles. The van der Waals surface area contributed by atoms with E-state index in [2.05, 4.69) is 38.1 Å². The van der Waals surface area contributed by atoms with Crippen molar-refractivity contribution in [2.75, 3.05) is 17.2 Å². The zero-order chi connectivity index (χ0) is 20.2. The summed E-state index contributed by atoms with van der Waals surface area (Å²) in [5.41, 5.74) is 3.56. The van der Waals surface area contributed by atoms with Gasteiger partial charge >= 0.3 is 0 Å². The van der Waals surface area contributed by atoms with Crippen LogP contribution in [-0.4, -0.2) is 27.5 Å². The number of benzene rings is 2. The van der Waals surface area contributed by atoms with E-state index in [-0.39, 0.29) is 18.1 Å². The van der Waals surface area contributed by atoms with Crippen LogP contribution in [0.5, 0.6) is 5.75 Å². The van der Waals surface area contributed by atoms with Gasteiger partial charge in [0.1, 0.15) is 22.7 Å². The third kappa shape index (κ3) is 4.20. The molecule has 0 fully saturated rings. The number of hydrogen-bond donors (Lipinski definition) is 3. The van der Waals surface area contributed by atoms with Crippen LogP contribution in [0.15, 0.2) is 60.2 Å². The van der Waals surface area contributed by atoms with E-state index in [0.717, 1.165) is 26.9 Å². The highest BCUT2D eigenvalue weighted by molar-refractivity contribution is 7.17. The molecular weight excluding hydrogens is 384 g/mol. The topological polar surface area (TPSA) is 87.1 Å². The summed E-state index contributed by atoms with van der Waals surface area (Å²) in [7, 11) is 0. The highest BCUT2D eigenvalue weighted by Gasteiger charge is 2.13. The fraction of sp³-hybridized carbons (Fsp3) is 0.136. The summed E-state index contributed by atoms with van der Waals surface area (Å²) in [6.07, 6.45) is 1.77.